The molecule has 2 aromatic carbocycles. The Hall–Kier alpha value is -2.49. The van der Waals surface area contributed by atoms with Crippen molar-refractivity contribution in [2.75, 3.05) is 0 Å². The Labute approximate surface area is 159 Å². The molecule has 0 saturated carbocycles. The molecule has 2 aliphatic rings. The van der Waals surface area contributed by atoms with Gasteiger partial charge in [0, 0.05) is 24.0 Å². The van der Waals surface area contributed by atoms with E-state index in [1.807, 2.05) is 19.1 Å². The van der Waals surface area contributed by atoms with E-state index in [-0.39, 0.29) is 29.5 Å². The molecular weight excluding hydrogens is 341 g/mol. The third-order valence-corrected chi connectivity index (χ3v) is 5.87. The van der Waals surface area contributed by atoms with Gasteiger partial charge in [0.15, 0.2) is 5.78 Å². The van der Waals surface area contributed by atoms with Crippen molar-refractivity contribution in [2.45, 2.75) is 57.4 Å². The topological polar surface area (TPSA) is 46.2 Å². The fraction of sp³-hybridized carbons (Fsp3) is 0.391. The first-order valence-electron chi connectivity index (χ1n) is 9.76. The summed E-state index contributed by atoms with van der Waals surface area (Å²) in [4.78, 5) is 24.8. The third kappa shape index (κ3) is 3.41. The van der Waals surface area contributed by atoms with Crippen LogP contribution in [-0.2, 0) is 17.6 Å². The molecule has 0 spiro atoms. The van der Waals surface area contributed by atoms with Crippen LogP contribution in [0.2, 0.25) is 0 Å². The number of Topliss-reactive ketones (excluding diaryl/α,β-unsaturated/α-hetero) is 1. The highest BCUT2D eigenvalue weighted by Gasteiger charge is 2.31. The number of carbonyl (C=O) groups is 2. The Morgan fingerprint density at radius 2 is 2.04 bits per heavy atom. The van der Waals surface area contributed by atoms with Crippen molar-refractivity contribution in [1.29, 1.82) is 0 Å². The number of amides is 1. The Kier molecular flexibility index (Phi) is 4.81. The highest BCUT2D eigenvalue weighted by Crippen LogP contribution is 2.37. The van der Waals surface area contributed by atoms with Crippen molar-refractivity contribution in [3.63, 3.8) is 0 Å². The first-order chi connectivity index (χ1) is 13.0. The lowest BCUT2D eigenvalue weighted by molar-refractivity contribution is -0.121. The number of ketones is 1. The Morgan fingerprint density at radius 1 is 1.22 bits per heavy atom. The summed E-state index contributed by atoms with van der Waals surface area (Å²) in [6.45, 7) is 1.88. The van der Waals surface area contributed by atoms with E-state index in [1.165, 1.54) is 17.2 Å². The van der Waals surface area contributed by atoms with Crippen LogP contribution in [0.3, 0.4) is 0 Å². The highest BCUT2D eigenvalue weighted by molar-refractivity contribution is 6.02. The van der Waals surface area contributed by atoms with Crippen molar-refractivity contribution < 1.29 is 14.0 Å². The number of nitrogens with one attached hydrogen (secondary N) is 1. The lowest BCUT2D eigenvalue weighted by Crippen LogP contribution is -2.31. The van der Waals surface area contributed by atoms with E-state index < -0.39 is 0 Å². The maximum atomic E-state index is 14.1. The van der Waals surface area contributed by atoms with Crippen molar-refractivity contribution in [2.24, 2.45) is 0 Å². The summed E-state index contributed by atoms with van der Waals surface area (Å²) < 4.78 is 14.1. The van der Waals surface area contributed by atoms with Crippen LogP contribution in [0.15, 0.2) is 36.4 Å². The molecule has 0 radical (unpaired) electrons. The summed E-state index contributed by atoms with van der Waals surface area (Å²) in [5, 5.41) is 3.15. The van der Waals surface area contributed by atoms with E-state index in [1.54, 1.807) is 6.07 Å². The molecule has 0 saturated heterocycles. The predicted octanol–water partition coefficient (Wildman–Crippen LogP) is 4.64. The molecule has 4 heteroatoms. The zero-order valence-electron chi connectivity index (χ0n) is 15.6. The Morgan fingerprint density at radius 3 is 2.89 bits per heavy atom. The molecular formula is C23H24FNO2. The van der Waals surface area contributed by atoms with Crippen LogP contribution in [0.1, 0.15) is 77.2 Å². The van der Waals surface area contributed by atoms with Crippen molar-refractivity contribution in [1.82, 2.24) is 5.32 Å². The van der Waals surface area contributed by atoms with Crippen LogP contribution in [0, 0.1) is 5.82 Å². The number of rotatable bonds is 4. The average Bonchev–Trinajstić information content (AvgIpc) is 2.97. The molecule has 0 aliphatic heterocycles. The van der Waals surface area contributed by atoms with E-state index in [4.69, 9.17) is 0 Å². The molecule has 3 nitrogen and oxygen atoms in total. The van der Waals surface area contributed by atoms with E-state index in [0.717, 1.165) is 24.8 Å². The molecule has 2 aliphatic carbocycles. The SMILES string of the molecule is C[C@H]1CC(=O)c2c(CCC(=O)NC3CCCc4ccccc43)ccc(F)c21. The second kappa shape index (κ2) is 7.26. The number of hydrogen-bond acceptors (Lipinski definition) is 2. The second-order valence-electron chi connectivity index (χ2n) is 7.73. The fourth-order valence-electron chi connectivity index (χ4n) is 4.56. The van der Waals surface area contributed by atoms with Gasteiger partial charge >= 0.3 is 0 Å². The second-order valence-corrected chi connectivity index (χ2v) is 7.73. The number of halogens is 1. The fourth-order valence-corrected chi connectivity index (χ4v) is 4.56. The Balaban J connectivity index is 1.45. The molecule has 2 aromatic rings. The minimum absolute atomic E-state index is 0.00591. The monoisotopic (exact) mass is 365 g/mol. The number of fused-ring (bicyclic) bond motifs is 2. The largest absolute Gasteiger partial charge is 0.349 e. The Bertz CT molecular complexity index is 905. The molecule has 0 fully saturated rings. The standard InChI is InChI=1S/C23H24FNO2/c1-14-13-20(26)23-16(9-11-18(24)22(14)23)10-12-21(27)25-19-8-4-6-15-5-2-3-7-17(15)19/h2-3,5,7,9,11,14,19H,4,6,8,10,12-13H2,1H3,(H,25,27)/t14-,19?/m0/s1. The molecule has 2 atom stereocenters. The van der Waals surface area contributed by atoms with E-state index >= 15 is 0 Å². The normalized spacial score (nSPS) is 20.9. The van der Waals surface area contributed by atoms with E-state index in [0.29, 0.717) is 30.4 Å². The minimum atomic E-state index is -0.310. The minimum Gasteiger partial charge on any atom is -0.349 e. The highest BCUT2D eigenvalue weighted by atomic mass is 19.1. The summed E-state index contributed by atoms with van der Waals surface area (Å²) in [5.41, 5.74) is 4.35. The molecule has 27 heavy (non-hydrogen) atoms. The van der Waals surface area contributed by atoms with Gasteiger partial charge in [-0.15, -0.1) is 0 Å². The number of carbonyl (C=O) groups excluding carboxylic acids is 2. The van der Waals surface area contributed by atoms with Crippen LogP contribution >= 0.6 is 0 Å². The van der Waals surface area contributed by atoms with Crippen molar-refractivity contribution >= 4 is 11.7 Å². The zero-order chi connectivity index (χ0) is 19.0. The molecule has 0 aromatic heterocycles. The van der Waals surface area contributed by atoms with E-state index in [2.05, 4.69) is 17.4 Å². The summed E-state index contributed by atoms with van der Waals surface area (Å²) in [5.74, 6) is -0.419. The summed E-state index contributed by atoms with van der Waals surface area (Å²) in [6.07, 6.45) is 4.20. The molecule has 0 heterocycles. The first kappa shape index (κ1) is 17.9. The first-order valence-corrected chi connectivity index (χ1v) is 9.76. The van der Waals surface area contributed by atoms with Gasteiger partial charge in [0.2, 0.25) is 5.91 Å². The summed E-state index contributed by atoms with van der Waals surface area (Å²) in [7, 11) is 0. The van der Waals surface area contributed by atoms with Crippen LogP contribution in [0.5, 0.6) is 0 Å². The van der Waals surface area contributed by atoms with Gasteiger partial charge in [0.1, 0.15) is 5.82 Å². The van der Waals surface area contributed by atoms with Gasteiger partial charge in [-0.05, 0) is 54.4 Å². The third-order valence-electron chi connectivity index (χ3n) is 5.87. The molecule has 1 unspecified atom stereocenters. The quantitative estimate of drug-likeness (QED) is 0.858. The number of benzene rings is 2. The van der Waals surface area contributed by atoms with Crippen molar-refractivity contribution in [3.8, 4) is 0 Å². The van der Waals surface area contributed by atoms with E-state index in [9.17, 15) is 14.0 Å². The summed E-state index contributed by atoms with van der Waals surface area (Å²) >= 11 is 0. The number of hydrogen-bond donors (Lipinski definition) is 1. The maximum absolute atomic E-state index is 14.1. The molecule has 4 rings (SSSR count). The van der Waals surface area contributed by atoms with Gasteiger partial charge in [0.25, 0.3) is 0 Å². The van der Waals surface area contributed by atoms with Crippen molar-refractivity contribution in [3.05, 3.63) is 70.0 Å². The lowest BCUT2D eigenvalue weighted by atomic mass is 9.87. The van der Waals surface area contributed by atoms with Crippen LogP contribution in [0.4, 0.5) is 4.39 Å². The van der Waals surface area contributed by atoms with Crippen LogP contribution < -0.4 is 5.32 Å². The average molecular weight is 365 g/mol. The van der Waals surface area contributed by atoms with Gasteiger partial charge in [-0.2, -0.15) is 0 Å². The molecule has 1 amide bonds. The predicted molar refractivity (Wildman–Crippen MR) is 102 cm³/mol. The number of aryl methyl sites for hydroxylation is 2. The van der Waals surface area contributed by atoms with Crippen LogP contribution in [-0.4, -0.2) is 11.7 Å². The van der Waals surface area contributed by atoms with Gasteiger partial charge < -0.3 is 5.32 Å². The summed E-state index contributed by atoms with van der Waals surface area (Å²) in [6, 6.07) is 11.4. The smallest absolute Gasteiger partial charge is 0.220 e. The molecule has 140 valence electrons. The molecule has 1 N–H and O–H groups in total. The lowest BCUT2D eigenvalue weighted by Gasteiger charge is -2.26. The van der Waals surface area contributed by atoms with Gasteiger partial charge in [-0.3, -0.25) is 9.59 Å². The van der Waals surface area contributed by atoms with Gasteiger partial charge in [-0.1, -0.05) is 37.3 Å². The van der Waals surface area contributed by atoms with Gasteiger partial charge in [-0.25, -0.2) is 4.39 Å². The van der Waals surface area contributed by atoms with Crippen LogP contribution in [0.25, 0.3) is 0 Å². The molecule has 0 bridgehead atoms. The zero-order valence-corrected chi connectivity index (χ0v) is 15.6. The van der Waals surface area contributed by atoms with Gasteiger partial charge in [0.05, 0.1) is 6.04 Å². The maximum Gasteiger partial charge on any atom is 0.220 e.